The number of nitrogens with one attached hydrogen (secondary N) is 2. The Bertz CT molecular complexity index is 1570. The number of fused-ring (bicyclic) bond motifs is 1. The molecule has 44 heavy (non-hydrogen) atoms. The van der Waals surface area contributed by atoms with E-state index in [0.717, 1.165) is 0 Å². The number of nitrogens with zero attached hydrogens (tertiary/aromatic N) is 3. The number of benzene rings is 2. The minimum Gasteiger partial charge on any atom is -0.497 e. The smallest absolute Gasteiger partial charge is 0.321 e. The first-order valence-electron chi connectivity index (χ1n) is 14.1. The fourth-order valence-corrected chi connectivity index (χ4v) is 5.95. The van der Waals surface area contributed by atoms with Gasteiger partial charge < -0.3 is 34.2 Å². The maximum atomic E-state index is 13.5. The zero-order valence-electron chi connectivity index (χ0n) is 25.7. The number of aryl methyl sites for hydroxylation is 2. The maximum absolute atomic E-state index is 13.5. The van der Waals surface area contributed by atoms with E-state index < -0.39 is 28.2 Å². The van der Waals surface area contributed by atoms with E-state index in [9.17, 15) is 23.1 Å². The fourth-order valence-electron chi connectivity index (χ4n) is 4.90. The third kappa shape index (κ3) is 7.42. The van der Waals surface area contributed by atoms with Gasteiger partial charge in [-0.2, -0.15) is 0 Å². The quantitative estimate of drug-likeness (QED) is 0.322. The van der Waals surface area contributed by atoms with E-state index in [2.05, 4.69) is 15.2 Å². The van der Waals surface area contributed by atoms with Crippen LogP contribution in [-0.2, 0) is 21.2 Å². The van der Waals surface area contributed by atoms with Gasteiger partial charge in [0.25, 0.3) is 10.0 Å². The Labute approximate surface area is 257 Å². The molecule has 14 heteroatoms. The van der Waals surface area contributed by atoms with Crippen LogP contribution in [-0.4, -0.2) is 86.4 Å². The second kappa shape index (κ2) is 13.6. The molecule has 2 aromatic carbocycles. The highest BCUT2D eigenvalue weighted by Crippen LogP contribution is 2.30. The Morgan fingerprint density at radius 3 is 2.55 bits per heavy atom. The first kappa shape index (κ1) is 32.6. The highest BCUT2D eigenvalue weighted by atomic mass is 32.2. The molecule has 0 unspecified atom stereocenters. The lowest BCUT2D eigenvalue weighted by molar-refractivity contribution is -0.134. The Hall–Kier alpha value is -4.30. The third-order valence-corrected chi connectivity index (χ3v) is 9.00. The number of aromatic nitrogens is 1. The van der Waals surface area contributed by atoms with Gasteiger partial charge in [0.05, 0.1) is 37.6 Å². The van der Waals surface area contributed by atoms with Gasteiger partial charge in [-0.1, -0.05) is 12.1 Å². The average molecular weight is 630 g/mol. The van der Waals surface area contributed by atoms with Crippen LogP contribution in [0.3, 0.4) is 0 Å². The fraction of sp³-hybridized carbons (Fsp3) is 0.433. The van der Waals surface area contributed by atoms with Crippen molar-refractivity contribution in [1.82, 2.24) is 15.0 Å². The minimum absolute atomic E-state index is 0.0453. The Morgan fingerprint density at radius 1 is 1.23 bits per heavy atom. The summed E-state index contributed by atoms with van der Waals surface area (Å²) in [4.78, 5) is 29.7. The van der Waals surface area contributed by atoms with Gasteiger partial charge in [-0.25, -0.2) is 13.2 Å². The van der Waals surface area contributed by atoms with Gasteiger partial charge >= 0.3 is 6.03 Å². The van der Waals surface area contributed by atoms with Crippen molar-refractivity contribution in [3.8, 4) is 11.5 Å². The van der Waals surface area contributed by atoms with Crippen molar-refractivity contribution in [1.29, 1.82) is 0 Å². The summed E-state index contributed by atoms with van der Waals surface area (Å²) in [6.45, 7) is 7.30. The van der Waals surface area contributed by atoms with E-state index in [-0.39, 0.29) is 48.5 Å². The number of aliphatic hydroxyl groups excluding tert-OH is 1. The molecule has 2 heterocycles. The lowest BCUT2D eigenvalue weighted by Crippen LogP contribution is -2.48. The Morgan fingerprint density at radius 2 is 1.93 bits per heavy atom. The van der Waals surface area contributed by atoms with Gasteiger partial charge in [-0.05, 0) is 63.2 Å². The van der Waals surface area contributed by atoms with Crippen molar-refractivity contribution < 1.29 is 37.1 Å². The van der Waals surface area contributed by atoms with E-state index in [1.165, 1.54) is 24.1 Å². The number of urea groups is 1. The van der Waals surface area contributed by atoms with E-state index in [0.29, 0.717) is 34.2 Å². The molecule has 238 valence electrons. The van der Waals surface area contributed by atoms with Crippen LogP contribution in [0.5, 0.6) is 11.5 Å². The van der Waals surface area contributed by atoms with Crippen LogP contribution in [0.15, 0.2) is 51.9 Å². The number of ether oxygens (including phenoxy) is 2. The van der Waals surface area contributed by atoms with Gasteiger partial charge in [-0.3, -0.25) is 9.52 Å². The second-order valence-corrected chi connectivity index (χ2v) is 12.7. The molecule has 0 saturated carbocycles. The van der Waals surface area contributed by atoms with Crippen molar-refractivity contribution in [2.75, 3.05) is 43.9 Å². The van der Waals surface area contributed by atoms with Gasteiger partial charge in [-0.15, -0.1) is 0 Å². The molecule has 0 bridgehead atoms. The van der Waals surface area contributed by atoms with Crippen LogP contribution in [0.2, 0.25) is 0 Å². The lowest BCUT2D eigenvalue weighted by Gasteiger charge is -2.34. The summed E-state index contributed by atoms with van der Waals surface area (Å²) >= 11 is 0. The number of carbonyl (C=O) groups excluding carboxylic acids is 2. The van der Waals surface area contributed by atoms with Crippen molar-refractivity contribution >= 4 is 33.3 Å². The zero-order valence-corrected chi connectivity index (χ0v) is 26.5. The summed E-state index contributed by atoms with van der Waals surface area (Å²) in [6, 6.07) is 9.85. The maximum Gasteiger partial charge on any atom is 0.321 e. The third-order valence-electron chi connectivity index (χ3n) is 7.60. The Balaban J connectivity index is 1.62. The predicted molar refractivity (Wildman–Crippen MR) is 163 cm³/mol. The lowest BCUT2D eigenvalue weighted by atomic mass is 10.0. The van der Waals surface area contributed by atoms with Crippen LogP contribution in [0, 0.1) is 19.8 Å². The molecular formula is C30H39N5O8S. The van der Waals surface area contributed by atoms with E-state index in [1.807, 2.05) is 6.92 Å². The number of methoxy groups -OCH3 is 1. The summed E-state index contributed by atoms with van der Waals surface area (Å²) in [5.74, 6) is 0.899. The molecule has 0 saturated heterocycles. The average Bonchev–Trinajstić information content (AvgIpc) is 3.33. The largest absolute Gasteiger partial charge is 0.497 e. The first-order chi connectivity index (χ1) is 20.8. The molecule has 1 aromatic heterocycles. The minimum atomic E-state index is -3.94. The molecule has 1 aliphatic rings. The number of anilines is 2. The molecule has 0 radical (unpaired) electrons. The number of amides is 3. The summed E-state index contributed by atoms with van der Waals surface area (Å²) in [6.07, 6.45) is -0.644. The number of carbonyl (C=O) groups is 2. The van der Waals surface area contributed by atoms with E-state index in [4.69, 9.17) is 14.0 Å². The van der Waals surface area contributed by atoms with Crippen LogP contribution in [0.1, 0.15) is 30.9 Å². The number of likely N-dealkylation sites (N-methyl/N-ethyl adjacent to an activating group) is 1. The van der Waals surface area contributed by atoms with Gasteiger partial charge in [0, 0.05) is 30.8 Å². The monoisotopic (exact) mass is 629 g/mol. The van der Waals surface area contributed by atoms with Gasteiger partial charge in [0.15, 0.2) is 5.76 Å². The number of rotatable bonds is 9. The van der Waals surface area contributed by atoms with Crippen LogP contribution < -0.4 is 19.5 Å². The molecule has 1 aliphatic heterocycles. The predicted octanol–water partition coefficient (Wildman–Crippen LogP) is 3.41. The Kier molecular flexibility index (Phi) is 10.0. The molecule has 3 atom stereocenters. The highest BCUT2D eigenvalue weighted by Gasteiger charge is 2.32. The second-order valence-electron chi connectivity index (χ2n) is 11.0. The summed E-state index contributed by atoms with van der Waals surface area (Å²) in [5.41, 5.74) is 1.75. The van der Waals surface area contributed by atoms with Crippen molar-refractivity contribution in [3.05, 3.63) is 59.5 Å². The molecule has 0 aliphatic carbocycles. The molecule has 13 nitrogen and oxygen atoms in total. The van der Waals surface area contributed by atoms with E-state index in [1.54, 1.807) is 63.1 Å². The number of hydrogen-bond acceptors (Lipinski definition) is 9. The zero-order chi connectivity index (χ0) is 32.2. The van der Waals surface area contributed by atoms with E-state index >= 15 is 0 Å². The summed E-state index contributed by atoms with van der Waals surface area (Å²) in [7, 11) is -0.815. The molecule has 4 rings (SSSR count). The summed E-state index contributed by atoms with van der Waals surface area (Å²) < 4.78 is 45.5. The van der Waals surface area contributed by atoms with Crippen LogP contribution in [0.25, 0.3) is 0 Å². The molecule has 3 N–H and O–H groups in total. The van der Waals surface area contributed by atoms with Gasteiger partial charge in [0.2, 0.25) is 5.91 Å². The van der Waals surface area contributed by atoms with Crippen molar-refractivity contribution in [2.45, 2.75) is 51.2 Å². The SMILES string of the molecule is COc1ccc(S(=O)(=O)Nc2ccc3c(c2)CC(=O)N([C@@H](C)CO)C[C@@H](C)[C@@H](CN(C)C(=O)Nc2c(C)noc2C)O3)cc1. The van der Waals surface area contributed by atoms with Crippen molar-refractivity contribution in [2.24, 2.45) is 5.92 Å². The molecule has 3 amide bonds. The topological polar surface area (TPSA) is 164 Å². The molecule has 0 fully saturated rings. The number of aliphatic hydroxyl groups is 1. The normalized spacial score (nSPS) is 17.8. The highest BCUT2D eigenvalue weighted by molar-refractivity contribution is 7.92. The number of sulfonamides is 1. The summed E-state index contributed by atoms with van der Waals surface area (Å²) in [5, 5.41) is 16.6. The van der Waals surface area contributed by atoms with Gasteiger partial charge in [0.1, 0.15) is 29.0 Å². The first-order valence-corrected chi connectivity index (χ1v) is 15.6. The number of hydrogen-bond donors (Lipinski definition) is 3. The van der Waals surface area contributed by atoms with Crippen molar-refractivity contribution in [3.63, 3.8) is 0 Å². The van der Waals surface area contributed by atoms with Crippen LogP contribution >= 0.6 is 0 Å². The van der Waals surface area contributed by atoms with Crippen LogP contribution in [0.4, 0.5) is 16.2 Å². The molecular weight excluding hydrogens is 590 g/mol. The molecule has 0 spiro atoms. The molecule has 3 aromatic rings. The standard InChI is InChI=1S/C30H39N5O8S/c1-18-15-35(19(2)17-36)28(37)14-22-13-23(33-44(39,40)25-10-8-24(41-6)9-11-25)7-12-26(22)42-27(18)16-34(5)30(38)31-29-20(3)32-43-21(29)4/h7-13,18-19,27,33,36H,14-17H2,1-6H3,(H,31,38)/t18-,19+,27-/m1/s1.